The molecule has 0 amide bonds. The Morgan fingerprint density at radius 3 is 2.32 bits per heavy atom. The van der Waals surface area contributed by atoms with Crippen LogP contribution in [0.4, 0.5) is 24.7 Å². The van der Waals surface area contributed by atoms with E-state index >= 15 is 0 Å². The Kier molecular flexibility index (Phi) is 6.38. The van der Waals surface area contributed by atoms with Crippen molar-refractivity contribution in [1.29, 1.82) is 0 Å². The van der Waals surface area contributed by atoms with Gasteiger partial charge >= 0.3 is 12.2 Å². The summed E-state index contributed by atoms with van der Waals surface area (Å²) in [5, 5.41) is 0. The van der Waals surface area contributed by atoms with Gasteiger partial charge in [0.15, 0.2) is 5.82 Å². The third-order valence-corrected chi connectivity index (χ3v) is 4.69. The number of anilines is 2. The van der Waals surface area contributed by atoms with Crippen LogP contribution >= 0.6 is 22.6 Å². The number of hydrogen-bond acceptors (Lipinski definition) is 4. The van der Waals surface area contributed by atoms with Gasteiger partial charge in [0.1, 0.15) is 12.2 Å². The van der Waals surface area contributed by atoms with E-state index in [0.29, 0.717) is 12.2 Å². The molecule has 0 bridgehead atoms. The molecule has 0 radical (unpaired) electrons. The highest BCUT2D eigenvalue weighted by molar-refractivity contribution is 14.1. The molecule has 0 saturated carbocycles. The minimum Gasteiger partial charge on any atom is -0.459 e. The Morgan fingerprint density at radius 2 is 1.71 bits per heavy atom. The molecule has 0 atom stereocenters. The van der Waals surface area contributed by atoms with Gasteiger partial charge in [-0.1, -0.05) is 30.3 Å². The smallest absolute Gasteiger partial charge is 0.421 e. The van der Waals surface area contributed by atoms with Crippen LogP contribution in [-0.2, 0) is 12.8 Å². The maximum Gasteiger partial charge on any atom is 0.421 e. The Bertz CT molecular complexity index is 918. The SMILES string of the molecule is CCN(c1ccc(I)cc1)c1nc(OCc2ccccc2)ncc1C(F)(F)F. The van der Waals surface area contributed by atoms with Crippen LogP contribution in [0, 0.1) is 3.57 Å². The molecule has 3 rings (SSSR count). The minimum atomic E-state index is -4.58. The van der Waals surface area contributed by atoms with Crippen LogP contribution in [0.3, 0.4) is 0 Å². The summed E-state index contributed by atoms with van der Waals surface area (Å²) in [5.74, 6) is -0.228. The van der Waals surface area contributed by atoms with Crippen LogP contribution in [0.25, 0.3) is 0 Å². The molecule has 8 heteroatoms. The van der Waals surface area contributed by atoms with Crippen molar-refractivity contribution in [2.75, 3.05) is 11.4 Å². The first kappa shape index (κ1) is 20.4. The fourth-order valence-corrected chi connectivity index (χ4v) is 2.99. The summed E-state index contributed by atoms with van der Waals surface area (Å²) in [6.07, 6.45) is -3.80. The van der Waals surface area contributed by atoms with E-state index < -0.39 is 11.7 Å². The first-order valence-corrected chi connectivity index (χ1v) is 9.60. The molecule has 2 aromatic carbocycles. The van der Waals surface area contributed by atoms with Gasteiger partial charge in [-0.05, 0) is 59.3 Å². The topological polar surface area (TPSA) is 38.2 Å². The van der Waals surface area contributed by atoms with Crippen molar-refractivity contribution < 1.29 is 17.9 Å². The van der Waals surface area contributed by atoms with Crippen molar-refractivity contribution in [3.63, 3.8) is 0 Å². The predicted octanol–water partition coefficient (Wildman–Crippen LogP) is 5.84. The molecule has 0 N–H and O–H groups in total. The summed E-state index contributed by atoms with van der Waals surface area (Å²) >= 11 is 2.14. The van der Waals surface area contributed by atoms with Crippen molar-refractivity contribution in [3.05, 3.63) is 75.5 Å². The Hall–Kier alpha value is -2.36. The van der Waals surface area contributed by atoms with Crippen molar-refractivity contribution in [2.24, 2.45) is 0 Å². The molecule has 0 spiro atoms. The second-order valence-corrected chi connectivity index (χ2v) is 7.13. The van der Waals surface area contributed by atoms with E-state index in [-0.39, 0.29) is 18.4 Å². The van der Waals surface area contributed by atoms with E-state index in [0.717, 1.165) is 15.3 Å². The highest BCUT2D eigenvalue weighted by Gasteiger charge is 2.37. The third-order valence-electron chi connectivity index (χ3n) is 3.97. The van der Waals surface area contributed by atoms with E-state index in [4.69, 9.17) is 4.74 Å². The maximum absolute atomic E-state index is 13.6. The van der Waals surface area contributed by atoms with Crippen LogP contribution < -0.4 is 9.64 Å². The standard InChI is InChI=1S/C20H17F3IN3O/c1-2-27(16-10-8-15(24)9-11-16)18-17(20(21,22)23)12-25-19(26-18)28-13-14-6-4-3-5-7-14/h3-12H,2,13H2,1H3. The van der Waals surface area contributed by atoms with E-state index in [1.807, 2.05) is 42.5 Å². The zero-order valence-corrected chi connectivity index (χ0v) is 17.1. The van der Waals surface area contributed by atoms with Gasteiger partial charge in [0.25, 0.3) is 0 Å². The third kappa shape index (κ3) is 4.92. The van der Waals surface area contributed by atoms with E-state index in [1.54, 1.807) is 19.1 Å². The molecule has 146 valence electrons. The largest absolute Gasteiger partial charge is 0.459 e. The first-order valence-electron chi connectivity index (χ1n) is 8.52. The van der Waals surface area contributed by atoms with Crippen molar-refractivity contribution in [2.45, 2.75) is 19.7 Å². The van der Waals surface area contributed by atoms with E-state index in [1.165, 1.54) is 4.90 Å². The lowest BCUT2D eigenvalue weighted by molar-refractivity contribution is -0.137. The molecule has 28 heavy (non-hydrogen) atoms. The van der Waals surface area contributed by atoms with Gasteiger partial charge in [-0.3, -0.25) is 0 Å². The van der Waals surface area contributed by atoms with Crippen molar-refractivity contribution >= 4 is 34.1 Å². The molecule has 0 fully saturated rings. The lowest BCUT2D eigenvalue weighted by atomic mass is 10.2. The summed E-state index contributed by atoms with van der Waals surface area (Å²) in [7, 11) is 0. The van der Waals surface area contributed by atoms with Gasteiger partial charge < -0.3 is 9.64 Å². The number of ether oxygens (including phenoxy) is 1. The fraction of sp³-hybridized carbons (Fsp3) is 0.200. The Labute approximate surface area is 174 Å². The normalized spacial score (nSPS) is 11.3. The molecular weight excluding hydrogens is 482 g/mol. The molecule has 1 aromatic heterocycles. The first-order chi connectivity index (χ1) is 13.4. The molecule has 0 aliphatic carbocycles. The number of aromatic nitrogens is 2. The van der Waals surface area contributed by atoms with E-state index in [2.05, 4.69) is 32.6 Å². The minimum absolute atomic E-state index is 0.101. The summed E-state index contributed by atoms with van der Waals surface area (Å²) in [4.78, 5) is 9.36. The summed E-state index contributed by atoms with van der Waals surface area (Å²) < 4.78 is 47.2. The van der Waals surface area contributed by atoms with Crippen molar-refractivity contribution in [3.8, 4) is 6.01 Å². The lowest BCUT2D eigenvalue weighted by Gasteiger charge is -2.25. The number of rotatable bonds is 6. The number of nitrogens with zero attached hydrogens (tertiary/aromatic N) is 3. The van der Waals surface area contributed by atoms with E-state index in [9.17, 15) is 13.2 Å². The second-order valence-electron chi connectivity index (χ2n) is 5.88. The molecule has 4 nitrogen and oxygen atoms in total. The zero-order chi connectivity index (χ0) is 20.1. The molecule has 1 heterocycles. The number of alkyl halides is 3. The fourth-order valence-electron chi connectivity index (χ4n) is 2.63. The van der Waals surface area contributed by atoms with Gasteiger partial charge in [0.05, 0.1) is 0 Å². The van der Waals surface area contributed by atoms with Crippen LogP contribution in [-0.4, -0.2) is 16.5 Å². The van der Waals surface area contributed by atoms with Crippen LogP contribution in [0.15, 0.2) is 60.8 Å². The van der Waals surface area contributed by atoms with Crippen LogP contribution in [0.1, 0.15) is 18.1 Å². The molecule has 0 unspecified atom stereocenters. The molecule has 0 saturated heterocycles. The van der Waals surface area contributed by atoms with Gasteiger partial charge in [0.2, 0.25) is 0 Å². The van der Waals surface area contributed by atoms with Gasteiger partial charge in [-0.15, -0.1) is 0 Å². The van der Waals surface area contributed by atoms with Crippen LogP contribution in [0.5, 0.6) is 6.01 Å². The predicted molar refractivity (Wildman–Crippen MR) is 110 cm³/mol. The highest BCUT2D eigenvalue weighted by Crippen LogP contribution is 2.38. The van der Waals surface area contributed by atoms with Crippen molar-refractivity contribution in [1.82, 2.24) is 9.97 Å². The molecule has 0 aliphatic rings. The van der Waals surface area contributed by atoms with Gasteiger partial charge in [0, 0.05) is 22.0 Å². The highest BCUT2D eigenvalue weighted by atomic mass is 127. The van der Waals surface area contributed by atoms with Crippen LogP contribution in [0.2, 0.25) is 0 Å². The Morgan fingerprint density at radius 1 is 1.04 bits per heavy atom. The average molecular weight is 499 g/mol. The van der Waals surface area contributed by atoms with Gasteiger partial charge in [-0.25, -0.2) is 4.98 Å². The summed E-state index contributed by atoms with van der Waals surface area (Å²) in [5.41, 5.74) is 0.582. The monoisotopic (exact) mass is 499 g/mol. The summed E-state index contributed by atoms with van der Waals surface area (Å²) in [6, 6.07) is 16.4. The average Bonchev–Trinajstić information content (AvgIpc) is 2.68. The molecule has 3 aromatic rings. The lowest BCUT2D eigenvalue weighted by Crippen LogP contribution is -2.23. The Balaban J connectivity index is 1.96. The van der Waals surface area contributed by atoms with Gasteiger partial charge in [-0.2, -0.15) is 18.2 Å². The zero-order valence-electron chi connectivity index (χ0n) is 14.9. The number of hydrogen-bond donors (Lipinski definition) is 0. The molecular formula is C20H17F3IN3O. The second kappa shape index (κ2) is 8.76. The molecule has 0 aliphatic heterocycles. The number of halogens is 4. The summed E-state index contributed by atoms with van der Waals surface area (Å²) in [6.45, 7) is 2.24. The number of benzene rings is 2. The quantitative estimate of drug-likeness (QED) is 0.400. The maximum atomic E-state index is 13.6.